The summed E-state index contributed by atoms with van der Waals surface area (Å²) in [4.78, 5) is 22.2. The fourth-order valence-electron chi connectivity index (χ4n) is 1.75. The molecule has 1 atom stereocenters. The summed E-state index contributed by atoms with van der Waals surface area (Å²) in [5.41, 5.74) is 5.50. The van der Waals surface area contributed by atoms with Crippen molar-refractivity contribution in [2.24, 2.45) is 0 Å². The van der Waals surface area contributed by atoms with Gasteiger partial charge in [-0.05, 0) is 20.8 Å². The summed E-state index contributed by atoms with van der Waals surface area (Å²) in [6, 6.07) is -0.393. The Kier molecular flexibility index (Phi) is 3.51. The molecular formula is C11H14N6O3. The summed E-state index contributed by atoms with van der Waals surface area (Å²) in [5, 5.41) is 14.0. The first kappa shape index (κ1) is 13.7. The molecule has 0 spiro atoms. The van der Waals surface area contributed by atoms with Gasteiger partial charge in [0.15, 0.2) is 0 Å². The van der Waals surface area contributed by atoms with E-state index in [4.69, 9.17) is 10.2 Å². The van der Waals surface area contributed by atoms with E-state index >= 15 is 0 Å². The zero-order valence-corrected chi connectivity index (χ0v) is 11.2. The van der Waals surface area contributed by atoms with Gasteiger partial charge >= 0.3 is 5.69 Å². The number of hydrogen-bond donors (Lipinski definition) is 2. The summed E-state index contributed by atoms with van der Waals surface area (Å²) in [5.74, 6) is 1.07. The van der Waals surface area contributed by atoms with Gasteiger partial charge in [-0.1, -0.05) is 0 Å². The fraction of sp³-hybridized carbons (Fsp3) is 0.364. The highest BCUT2D eigenvalue weighted by atomic mass is 16.6. The minimum atomic E-state index is -0.551. The molecule has 0 fully saturated rings. The molecule has 2 heterocycles. The van der Waals surface area contributed by atoms with Gasteiger partial charge in [0.25, 0.3) is 0 Å². The predicted molar refractivity (Wildman–Crippen MR) is 71.1 cm³/mol. The standard InChI is InChI=1S/C11H14N6O3/c1-5-4-13-10(20-5)7(3)14-9-8(17(18)19)6(2)15-11(12)16-9/h4,7H,1-3H3,(H3,12,14,15,16). The molecule has 0 aliphatic rings. The third-order valence-corrected chi connectivity index (χ3v) is 2.62. The average Bonchev–Trinajstić information content (AvgIpc) is 2.74. The highest BCUT2D eigenvalue weighted by molar-refractivity contribution is 5.60. The van der Waals surface area contributed by atoms with Crippen molar-refractivity contribution in [3.8, 4) is 0 Å². The van der Waals surface area contributed by atoms with Gasteiger partial charge in [-0.25, -0.2) is 9.97 Å². The Morgan fingerprint density at radius 1 is 1.45 bits per heavy atom. The molecular weight excluding hydrogens is 264 g/mol. The molecule has 0 amide bonds. The molecule has 20 heavy (non-hydrogen) atoms. The Morgan fingerprint density at radius 2 is 2.15 bits per heavy atom. The lowest BCUT2D eigenvalue weighted by Crippen LogP contribution is -2.13. The normalized spacial score (nSPS) is 12.2. The topological polar surface area (TPSA) is 133 Å². The van der Waals surface area contributed by atoms with Crippen LogP contribution in [0.25, 0.3) is 0 Å². The monoisotopic (exact) mass is 278 g/mol. The van der Waals surface area contributed by atoms with Gasteiger partial charge in [-0.2, -0.15) is 4.98 Å². The number of nitro groups is 1. The zero-order valence-electron chi connectivity index (χ0n) is 11.2. The summed E-state index contributed by atoms with van der Waals surface area (Å²) >= 11 is 0. The van der Waals surface area contributed by atoms with E-state index in [0.29, 0.717) is 11.7 Å². The van der Waals surface area contributed by atoms with Crippen LogP contribution in [0.4, 0.5) is 17.5 Å². The molecule has 0 aliphatic carbocycles. The number of aromatic nitrogens is 3. The van der Waals surface area contributed by atoms with Crippen LogP contribution in [0.2, 0.25) is 0 Å². The van der Waals surface area contributed by atoms with Crippen LogP contribution in [0.3, 0.4) is 0 Å². The lowest BCUT2D eigenvalue weighted by molar-refractivity contribution is -0.385. The maximum Gasteiger partial charge on any atom is 0.332 e. The molecule has 9 nitrogen and oxygen atoms in total. The maximum absolute atomic E-state index is 11.1. The third kappa shape index (κ3) is 2.66. The first-order valence-electron chi connectivity index (χ1n) is 5.86. The van der Waals surface area contributed by atoms with Gasteiger partial charge in [-0.3, -0.25) is 10.1 Å². The first-order valence-corrected chi connectivity index (χ1v) is 5.86. The maximum atomic E-state index is 11.1. The number of oxazole rings is 1. The van der Waals surface area contributed by atoms with E-state index in [9.17, 15) is 10.1 Å². The van der Waals surface area contributed by atoms with Gasteiger partial charge in [0, 0.05) is 0 Å². The SMILES string of the molecule is Cc1cnc(C(C)Nc2nc(N)nc(C)c2[N+](=O)[O-])o1. The second-order valence-electron chi connectivity index (χ2n) is 4.30. The van der Waals surface area contributed by atoms with E-state index in [2.05, 4.69) is 20.3 Å². The number of aryl methyl sites for hydroxylation is 2. The fourth-order valence-corrected chi connectivity index (χ4v) is 1.75. The quantitative estimate of drug-likeness (QED) is 0.638. The van der Waals surface area contributed by atoms with E-state index in [1.807, 2.05) is 0 Å². The van der Waals surface area contributed by atoms with Crippen molar-refractivity contribution in [1.29, 1.82) is 0 Å². The lowest BCUT2D eigenvalue weighted by Gasteiger charge is -2.12. The number of anilines is 2. The largest absolute Gasteiger partial charge is 0.444 e. The van der Waals surface area contributed by atoms with E-state index in [0.717, 1.165) is 0 Å². The Bertz CT molecular complexity index is 654. The van der Waals surface area contributed by atoms with Crippen LogP contribution in [0.15, 0.2) is 10.6 Å². The highest BCUT2D eigenvalue weighted by Gasteiger charge is 2.24. The zero-order chi connectivity index (χ0) is 14.9. The molecule has 3 N–H and O–H groups in total. The number of rotatable bonds is 4. The molecule has 0 aliphatic heterocycles. The molecule has 0 saturated carbocycles. The van der Waals surface area contributed by atoms with Crippen molar-refractivity contribution in [3.63, 3.8) is 0 Å². The molecule has 0 bridgehead atoms. The molecule has 106 valence electrons. The predicted octanol–water partition coefficient (Wildman–Crippen LogP) is 1.74. The van der Waals surface area contributed by atoms with Crippen molar-refractivity contribution < 1.29 is 9.34 Å². The average molecular weight is 278 g/mol. The van der Waals surface area contributed by atoms with Crippen LogP contribution in [-0.4, -0.2) is 19.9 Å². The number of nitrogen functional groups attached to an aromatic ring is 1. The van der Waals surface area contributed by atoms with Gasteiger partial charge in [0.1, 0.15) is 17.5 Å². The first-order chi connectivity index (χ1) is 9.38. The number of nitrogens with two attached hydrogens (primary N) is 1. The Balaban J connectivity index is 2.35. The van der Waals surface area contributed by atoms with Crippen LogP contribution in [0.1, 0.15) is 30.3 Å². The third-order valence-electron chi connectivity index (χ3n) is 2.62. The van der Waals surface area contributed by atoms with Gasteiger partial charge in [0.05, 0.1) is 11.1 Å². The number of hydrogen-bond acceptors (Lipinski definition) is 8. The molecule has 2 rings (SSSR count). The molecule has 0 aromatic carbocycles. The summed E-state index contributed by atoms with van der Waals surface area (Å²) in [6.45, 7) is 5.02. The second-order valence-corrected chi connectivity index (χ2v) is 4.30. The van der Waals surface area contributed by atoms with Crippen molar-refractivity contribution >= 4 is 17.5 Å². The van der Waals surface area contributed by atoms with Gasteiger partial charge in [0.2, 0.25) is 17.7 Å². The summed E-state index contributed by atoms with van der Waals surface area (Å²) in [7, 11) is 0. The second kappa shape index (κ2) is 5.11. The van der Waals surface area contributed by atoms with E-state index in [1.54, 1.807) is 20.0 Å². The summed E-state index contributed by atoms with van der Waals surface area (Å²) < 4.78 is 5.36. The van der Waals surface area contributed by atoms with Crippen LogP contribution >= 0.6 is 0 Å². The molecule has 2 aromatic heterocycles. The smallest absolute Gasteiger partial charge is 0.332 e. The van der Waals surface area contributed by atoms with Crippen molar-refractivity contribution in [3.05, 3.63) is 33.7 Å². The van der Waals surface area contributed by atoms with Crippen LogP contribution in [0, 0.1) is 24.0 Å². The Hall–Kier alpha value is -2.71. The minimum absolute atomic E-state index is 0.0358. The van der Waals surface area contributed by atoms with Crippen molar-refractivity contribution in [2.45, 2.75) is 26.8 Å². The Labute approximate surface area is 114 Å². The highest BCUT2D eigenvalue weighted by Crippen LogP contribution is 2.28. The van der Waals surface area contributed by atoms with E-state index < -0.39 is 11.0 Å². The molecule has 9 heteroatoms. The molecule has 1 unspecified atom stereocenters. The lowest BCUT2D eigenvalue weighted by atomic mass is 10.3. The van der Waals surface area contributed by atoms with Gasteiger partial charge in [-0.15, -0.1) is 0 Å². The molecule has 2 aromatic rings. The van der Waals surface area contributed by atoms with Crippen LogP contribution < -0.4 is 11.1 Å². The minimum Gasteiger partial charge on any atom is -0.444 e. The summed E-state index contributed by atoms with van der Waals surface area (Å²) in [6.07, 6.45) is 1.57. The molecule has 0 radical (unpaired) electrons. The van der Waals surface area contributed by atoms with E-state index in [-0.39, 0.29) is 23.1 Å². The van der Waals surface area contributed by atoms with E-state index in [1.165, 1.54) is 6.92 Å². The van der Waals surface area contributed by atoms with Crippen molar-refractivity contribution in [1.82, 2.24) is 15.0 Å². The van der Waals surface area contributed by atoms with Gasteiger partial charge < -0.3 is 15.5 Å². The van der Waals surface area contributed by atoms with Crippen molar-refractivity contribution in [2.75, 3.05) is 11.1 Å². The molecule has 0 saturated heterocycles. The number of nitrogens with zero attached hydrogens (tertiary/aromatic N) is 4. The van der Waals surface area contributed by atoms with Crippen LogP contribution in [0.5, 0.6) is 0 Å². The van der Waals surface area contributed by atoms with Crippen LogP contribution in [-0.2, 0) is 0 Å². The number of nitrogens with one attached hydrogen (secondary N) is 1. The Morgan fingerprint density at radius 3 is 2.70 bits per heavy atom.